The van der Waals surface area contributed by atoms with Crippen LogP contribution in [0, 0.1) is 5.92 Å². The van der Waals surface area contributed by atoms with Gasteiger partial charge in [0.05, 0.1) is 11.5 Å². The highest BCUT2D eigenvalue weighted by Gasteiger charge is 2.33. The van der Waals surface area contributed by atoms with E-state index >= 15 is 0 Å². The van der Waals surface area contributed by atoms with Crippen molar-refractivity contribution in [2.75, 3.05) is 6.61 Å². The van der Waals surface area contributed by atoms with Crippen molar-refractivity contribution >= 4 is 29.0 Å². The number of carbonyl (C=O) groups is 3. The van der Waals surface area contributed by atoms with Gasteiger partial charge in [0.25, 0.3) is 0 Å². The average molecular weight is 746 g/mol. The summed E-state index contributed by atoms with van der Waals surface area (Å²) in [5.41, 5.74) is 3.80. The molecule has 0 saturated heterocycles. The Morgan fingerprint density at radius 3 is 2.19 bits per heavy atom. The number of nitrogens with one attached hydrogen (secondary N) is 1. The molecule has 0 radical (unpaired) electrons. The van der Waals surface area contributed by atoms with Crippen LogP contribution in [0.5, 0.6) is 5.75 Å². The predicted molar refractivity (Wildman–Crippen MR) is 211 cm³/mol. The van der Waals surface area contributed by atoms with Crippen molar-refractivity contribution in [3.63, 3.8) is 0 Å². The first-order chi connectivity index (χ1) is 26.3. The van der Waals surface area contributed by atoms with Crippen molar-refractivity contribution in [3.05, 3.63) is 124 Å². The molecule has 3 atom stereocenters. The maximum atomic E-state index is 13.8. The molecule has 2 heterocycles. The van der Waals surface area contributed by atoms with E-state index in [1.165, 1.54) is 41.9 Å². The first-order valence-corrected chi connectivity index (χ1v) is 19.6. The third-order valence-corrected chi connectivity index (χ3v) is 11.0. The number of aromatic nitrogens is 2. The fourth-order valence-corrected chi connectivity index (χ4v) is 7.53. The molecule has 2 unspecified atom stereocenters. The lowest BCUT2D eigenvalue weighted by atomic mass is 9.91. The number of carboxylic acids is 1. The maximum Gasteiger partial charge on any atom is 0.329 e. The maximum absolute atomic E-state index is 13.8. The molecule has 0 spiro atoms. The molecule has 6 rings (SSSR count). The van der Waals surface area contributed by atoms with Gasteiger partial charge >= 0.3 is 5.97 Å². The summed E-state index contributed by atoms with van der Waals surface area (Å²) < 4.78 is 5.90. The Kier molecular flexibility index (Phi) is 13.4. The Morgan fingerprint density at radius 1 is 0.833 bits per heavy atom. The van der Waals surface area contributed by atoms with Crippen LogP contribution in [0.4, 0.5) is 0 Å². The number of aliphatic hydroxyl groups excluding tert-OH is 1. The molecule has 1 fully saturated rings. The number of amides is 1. The van der Waals surface area contributed by atoms with Crippen LogP contribution in [-0.2, 0) is 16.0 Å². The van der Waals surface area contributed by atoms with Gasteiger partial charge in [0.2, 0.25) is 5.91 Å². The number of rotatable bonds is 20. The lowest BCUT2D eigenvalue weighted by molar-refractivity contribution is -0.146. The molecule has 10 heteroatoms. The summed E-state index contributed by atoms with van der Waals surface area (Å²) in [6, 6.07) is 25.9. The van der Waals surface area contributed by atoms with Gasteiger partial charge in [-0.2, -0.15) is 0 Å². The second kappa shape index (κ2) is 18.7. The zero-order valence-electron chi connectivity index (χ0n) is 30.5. The van der Waals surface area contributed by atoms with Gasteiger partial charge < -0.3 is 20.3 Å². The number of hydrogen-bond donors (Lipinski definition) is 3. The van der Waals surface area contributed by atoms with Gasteiger partial charge in [-0.1, -0.05) is 99.3 Å². The first kappa shape index (κ1) is 38.5. The number of aliphatic carboxylic acids is 1. The summed E-state index contributed by atoms with van der Waals surface area (Å²) in [4.78, 5) is 50.5. The van der Waals surface area contributed by atoms with E-state index in [-0.39, 0.29) is 18.6 Å². The summed E-state index contributed by atoms with van der Waals surface area (Å²) in [6.45, 7) is 2.93. The highest BCUT2D eigenvalue weighted by Crippen LogP contribution is 2.43. The summed E-state index contributed by atoms with van der Waals surface area (Å²) in [6.07, 6.45) is 10.4. The van der Waals surface area contributed by atoms with Crippen molar-refractivity contribution < 1.29 is 29.3 Å². The molecule has 280 valence electrons. The SMILES string of the molecule is CCCCCCCOc1ccc(-c2cnc(-c3ccc(C[C@H](CC(=O)c4ccc(C5CC5)s4)C(=O)NC(C(=O)O)C(O)c4ccccc4)cc3)nc2)cc1. The highest BCUT2D eigenvalue weighted by molar-refractivity contribution is 7.14. The lowest BCUT2D eigenvalue weighted by Gasteiger charge is -2.24. The Balaban J connectivity index is 1.12. The van der Waals surface area contributed by atoms with E-state index in [0.717, 1.165) is 47.3 Å². The Bertz CT molecular complexity index is 1980. The fourth-order valence-electron chi connectivity index (χ4n) is 6.40. The van der Waals surface area contributed by atoms with Crippen molar-refractivity contribution in [3.8, 4) is 28.3 Å². The van der Waals surface area contributed by atoms with Crippen LogP contribution >= 0.6 is 11.3 Å². The van der Waals surface area contributed by atoms with Crippen LogP contribution < -0.4 is 10.1 Å². The number of unbranched alkanes of at least 4 members (excludes halogenated alkanes) is 4. The fraction of sp³-hybridized carbons (Fsp3) is 0.341. The number of hydrogen-bond acceptors (Lipinski definition) is 8. The van der Waals surface area contributed by atoms with Crippen molar-refractivity contribution in [2.45, 2.75) is 82.8 Å². The van der Waals surface area contributed by atoms with Crippen molar-refractivity contribution in [1.82, 2.24) is 15.3 Å². The molecule has 5 aromatic rings. The van der Waals surface area contributed by atoms with Crippen LogP contribution in [0.2, 0.25) is 0 Å². The lowest BCUT2D eigenvalue weighted by Crippen LogP contribution is -2.47. The molecule has 0 bridgehead atoms. The zero-order chi connectivity index (χ0) is 37.9. The first-order valence-electron chi connectivity index (χ1n) is 18.8. The Morgan fingerprint density at radius 2 is 1.52 bits per heavy atom. The average Bonchev–Trinajstić information content (AvgIpc) is 3.93. The van der Waals surface area contributed by atoms with Gasteiger partial charge in [0, 0.05) is 40.7 Å². The largest absolute Gasteiger partial charge is 0.494 e. The normalized spacial score (nSPS) is 14.2. The monoisotopic (exact) mass is 745 g/mol. The molecule has 1 amide bonds. The van der Waals surface area contributed by atoms with Gasteiger partial charge in [-0.05, 0) is 72.6 Å². The number of carbonyl (C=O) groups excluding carboxylic acids is 2. The molecular formula is C44H47N3O6S. The summed E-state index contributed by atoms with van der Waals surface area (Å²) in [7, 11) is 0. The molecule has 3 N–H and O–H groups in total. The Hall–Kier alpha value is -5.19. The van der Waals surface area contributed by atoms with Gasteiger partial charge in [-0.3, -0.25) is 9.59 Å². The number of carboxylic acid groups (broad SMARTS) is 1. The van der Waals surface area contributed by atoms with Crippen LogP contribution in [-0.4, -0.2) is 50.5 Å². The third-order valence-electron chi connectivity index (χ3n) is 9.75. The second-order valence-corrected chi connectivity index (χ2v) is 15.1. The van der Waals surface area contributed by atoms with Gasteiger partial charge in [0.15, 0.2) is 17.6 Å². The molecule has 54 heavy (non-hydrogen) atoms. The molecule has 1 saturated carbocycles. The summed E-state index contributed by atoms with van der Waals surface area (Å²) in [5.74, 6) is -1.15. The molecule has 1 aliphatic carbocycles. The van der Waals surface area contributed by atoms with Crippen molar-refractivity contribution in [2.24, 2.45) is 5.92 Å². The predicted octanol–water partition coefficient (Wildman–Crippen LogP) is 8.83. The number of ketones is 1. The number of benzene rings is 3. The van der Waals surface area contributed by atoms with Crippen LogP contribution in [0.3, 0.4) is 0 Å². The summed E-state index contributed by atoms with van der Waals surface area (Å²) in [5, 5.41) is 23.4. The van der Waals surface area contributed by atoms with E-state index in [0.29, 0.717) is 28.8 Å². The number of ether oxygens (including phenoxy) is 1. The van der Waals surface area contributed by atoms with E-state index in [1.807, 2.05) is 60.7 Å². The van der Waals surface area contributed by atoms with Gasteiger partial charge in [-0.15, -0.1) is 11.3 Å². The van der Waals surface area contributed by atoms with E-state index < -0.39 is 29.9 Å². The number of Topliss-reactive ketones (excluding diaryl/α,β-unsaturated/α-hetero) is 1. The van der Waals surface area contributed by atoms with Crippen LogP contribution in [0.15, 0.2) is 103 Å². The molecule has 1 aliphatic rings. The topological polar surface area (TPSA) is 139 Å². The van der Waals surface area contributed by atoms with E-state index in [4.69, 9.17) is 4.74 Å². The molecule has 0 aliphatic heterocycles. The zero-order valence-corrected chi connectivity index (χ0v) is 31.3. The quantitative estimate of drug-likeness (QED) is 0.0531. The second-order valence-electron chi connectivity index (χ2n) is 14.0. The number of thiophene rings is 1. The molecule has 3 aromatic carbocycles. The van der Waals surface area contributed by atoms with Crippen molar-refractivity contribution in [1.29, 1.82) is 0 Å². The smallest absolute Gasteiger partial charge is 0.329 e. The summed E-state index contributed by atoms with van der Waals surface area (Å²) >= 11 is 1.46. The Labute approximate surface area is 320 Å². The highest BCUT2D eigenvalue weighted by atomic mass is 32.1. The van der Waals surface area contributed by atoms with E-state index in [2.05, 4.69) is 22.2 Å². The van der Waals surface area contributed by atoms with Crippen LogP contribution in [0.1, 0.15) is 96.0 Å². The van der Waals surface area contributed by atoms with Gasteiger partial charge in [-0.25, -0.2) is 14.8 Å². The molecule has 2 aromatic heterocycles. The third kappa shape index (κ3) is 10.5. The number of nitrogens with zero attached hydrogens (tertiary/aromatic N) is 2. The number of aliphatic hydroxyl groups is 1. The minimum absolute atomic E-state index is 0.108. The van der Waals surface area contributed by atoms with Crippen LogP contribution in [0.25, 0.3) is 22.5 Å². The molecule has 9 nitrogen and oxygen atoms in total. The minimum atomic E-state index is -1.60. The van der Waals surface area contributed by atoms with Gasteiger partial charge in [0.1, 0.15) is 11.9 Å². The van der Waals surface area contributed by atoms with E-state index in [1.54, 1.807) is 42.7 Å². The standard InChI is InChI=1S/C44H47N3O6S/c1-2-3-4-5-9-24-53-36-20-18-30(19-21-36)35-27-45-42(46-28-35)33-14-12-29(13-15-33)25-34(26-37(48)39-23-22-38(54-39)31-16-17-31)43(50)47-40(44(51)52)41(49)32-10-7-6-8-11-32/h6-8,10-15,18-23,27-28,31,34,40-41,49H,2-5,9,16-17,24-26H2,1H3,(H,47,50)(H,51,52)/t34-,40?,41?/m1/s1. The minimum Gasteiger partial charge on any atom is -0.494 e. The molecular weight excluding hydrogens is 699 g/mol. The van der Waals surface area contributed by atoms with E-state index in [9.17, 15) is 24.6 Å².